The van der Waals surface area contributed by atoms with Gasteiger partial charge in [0.2, 0.25) is 0 Å². The van der Waals surface area contributed by atoms with E-state index in [9.17, 15) is 14.4 Å². The zero-order chi connectivity index (χ0) is 58.5. The molecule has 0 spiro atoms. The quantitative estimate of drug-likeness (QED) is 0.0261. The number of carbonyl (C=O) groups excluding carboxylic acids is 3. The molecule has 81 heavy (non-hydrogen) atoms. The summed E-state index contributed by atoms with van der Waals surface area (Å²) < 4.78 is 16.9. The van der Waals surface area contributed by atoms with Crippen molar-refractivity contribution in [1.29, 1.82) is 0 Å². The third kappa shape index (κ3) is 67.3. The monoisotopic (exact) mass is 1130 g/mol. The molecule has 468 valence electrons. The Morgan fingerprint density at radius 2 is 0.531 bits per heavy atom. The fourth-order valence-corrected chi connectivity index (χ4v) is 10.2. The van der Waals surface area contributed by atoms with Crippen LogP contribution in [0.25, 0.3) is 0 Å². The molecule has 0 aliphatic heterocycles. The largest absolute Gasteiger partial charge is 0.462 e. The molecule has 0 aliphatic rings. The molecule has 0 aromatic carbocycles. The molecule has 0 amide bonds. The highest BCUT2D eigenvalue weighted by Crippen LogP contribution is 2.18. The lowest BCUT2D eigenvalue weighted by Gasteiger charge is -2.18. The van der Waals surface area contributed by atoms with Crippen molar-refractivity contribution in [2.45, 2.75) is 361 Å². The molecular formula is C75H132O6. The highest BCUT2D eigenvalue weighted by molar-refractivity contribution is 5.72. The van der Waals surface area contributed by atoms with Gasteiger partial charge in [-0.3, -0.25) is 14.4 Å². The lowest BCUT2D eigenvalue weighted by atomic mass is 10.0. The van der Waals surface area contributed by atoms with Gasteiger partial charge in [-0.05, 0) is 77.0 Å². The average molecular weight is 1130 g/mol. The van der Waals surface area contributed by atoms with Gasteiger partial charge in [0.1, 0.15) is 13.2 Å². The minimum Gasteiger partial charge on any atom is -0.462 e. The second kappa shape index (κ2) is 69.1. The first-order chi connectivity index (χ1) is 40.0. The van der Waals surface area contributed by atoms with E-state index in [1.54, 1.807) is 0 Å². The molecule has 1 unspecified atom stereocenters. The van der Waals surface area contributed by atoms with E-state index < -0.39 is 12.1 Å². The molecule has 0 radical (unpaired) electrons. The molecule has 0 aromatic heterocycles. The molecule has 1 atom stereocenters. The van der Waals surface area contributed by atoms with Crippen molar-refractivity contribution in [3.63, 3.8) is 0 Å². The van der Waals surface area contributed by atoms with Crippen LogP contribution in [-0.4, -0.2) is 37.2 Å². The number of hydrogen-bond acceptors (Lipinski definition) is 6. The van der Waals surface area contributed by atoms with E-state index in [0.717, 1.165) is 77.0 Å². The van der Waals surface area contributed by atoms with E-state index in [2.05, 4.69) is 93.7 Å². The molecule has 0 rings (SSSR count). The summed E-state index contributed by atoms with van der Waals surface area (Å²) in [6.07, 6.45) is 92.1. The van der Waals surface area contributed by atoms with Crippen LogP contribution in [0.4, 0.5) is 0 Å². The lowest BCUT2D eigenvalue weighted by molar-refractivity contribution is -0.166. The Hall–Kier alpha value is -3.41. The van der Waals surface area contributed by atoms with E-state index in [1.807, 2.05) is 12.2 Å². The van der Waals surface area contributed by atoms with E-state index in [-0.39, 0.29) is 31.6 Å². The van der Waals surface area contributed by atoms with Gasteiger partial charge in [-0.2, -0.15) is 0 Å². The van der Waals surface area contributed by atoms with E-state index in [0.29, 0.717) is 12.8 Å². The first kappa shape index (κ1) is 77.6. The van der Waals surface area contributed by atoms with Crippen LogP contribution >= 0.6 is 0 Å². The summed E-state index contributed by atoms with van der Waals surface area (Å²) >= 11 is 0. The van der Waals surface area contributed by atoms with Gasteiger partial charge in [-0.1, -0.05) is 343 Å². The second-order valence-electron chi connectivity index (χ2n) is 23.4. The normalized spacial score (nSPS) is 12.6. The molecule has 0 aliphatic carbocycles. The molecule has 0 N–H and O–H groups in total. The van der Waals surface area contributed by atoms with Gasteiger partial charge >= 0.3 is 17.9 Å². The van der Waals surface area contributed by atoms with Crippen LogP contribution in [-0.2, 0) is 28.6 Å². The van der Waals surface area contributed by atoms with Crippen molar-refractivity contribution in [2.75, 3.05) is 13.2 Å². The topological polar surface area (TPSA) is 78.9 Å². The maximum absolute atomic E-state index is 12.9. The Kier molecular flexibility index (Phi) is 66.2. The van der Waals surface area contributed by atoms with Gasteiger partial charge in [0, 0.05) is 12.8 Å². The van der Waals surface area contributed by atoms with Crippen molar-refractivity contribution >= 4 is 17.9 Å². The number of esters is 3. The summed E-state index contributed by atoms with van der Waals surface area (Å²) in [6.45, 7) is 6.48. The Labute approximate surface area is 503 Å². The fourth-order valence-electron chi connectivity index (χ4n) is 10.2. The summed E-state index contributed by atoms with van der Waals surface area (Å²) in [5.41, 5.74) is 0. The number of unbranched alkanes of at least 4 members (excludes halogenated alkanes) is 40. The summed E-state index contributed by atoms with van der Waals surface area (Å²) in [4.78, 5) is 38.4. The highest BCUT2D eigenvalue weighted by atomic mass is 16.6. The average Bonchev–Trinajstić information content (AvgIpc) is 3.47. The van der Waals surface area contributed by atoms with E-state index in [4.69, 9.17) is 14.2 Å². The first-order valence-corrected chi connectivity index (χ1v) is 35.1. The predicted octanol–water partition coefficient (Wildman–Crippen LogP) is 24.2. The fraction of sp³-hybridized carbons (Fsp3) is 0.773. The SMILES string of the molecule is CC/C=C\C/C=C\C/C=C\C/C=C\C/C=C\CC(=O)OCC(COC(=O)CCCCCCCCCCCCCCC/C=C\C/C=C\CCCCCCC)OC(=O)CCCCCCCCCCCCCCCCCCCCCCCCC. The minimum absolute atomic E-state index is 0.103. The standard InChI is InChI=1S/C75H132O6/c1-4-7-10-13-16-19-22-25-28-30-32-34-36-37-39-40-42-44-47-50-53-56-59-62-65-68-74(77)80-71-72(70-79-73(76)67-64-61-58-55-52-49-46-27-24-21-18-15-12-9-6-3)81-75(78)69-66-63-60-57-54-51-48-45-43-41-38-35-33-31-29-26-23-20-17-14-11-8-5-2/h9,12,18,21-22,25,27,30,32,46,52,55,61,64,72H,4-8,10-11,13-17,19-20,23-24,26,28-29,31,33-45,47-51,53-54,56-60,62-63,65-71H2,1-3H3/b12-9-,21-18-,25-22-,32-30-,46-27-,55-52-,64-61-. The summed E-state index contributed by atoms with van der Waals surface area (Å²) in [7, 11) is 0. The van der Waals surface area contributed by atoms with Gasteiger partial charge in [0.05, 0.1) is 6.42 Å². The van der Waals surface area contributed by atoms with Crippen molar-refractivity contribution in [3.05, 3.63) is 85.1 Å². The van der Waals surface area contributed by atoms with Crippen LogP contribution in [0.1, 0.15) is 355 Å². The highest BCUT2D eigenvalue weighted by Gasteiger charge is 2.19. The van der Waals surface area contributed by atoms with Crippen molar-refractivity contribution in [3.8, 4) is 0 Å². The summed E-state index contributed by atoms with van der Waals surface area (Å²) in [5, 5.41) is 0. The molecule has 0 fully saturated rings. The molecule has 0 aromatic rings. The molecule has 0 saturated heterocycles. The van der Waals surface area contributed by atoms with Gasteiger partial charge in [-0.25, -0.2) is 0 Å². The van der Waals surface area contributed by atoms with Crippen LogP contribution < -0.4 is 0 Å². The van der Waals surface area contributed by atoms with E-state index >= 15 is 0 Å². The molecule has 0 heterocycles. The molecule has 0 bridgehead atoms. The van der Waals surface area contributed by atoms with Gasteiger partial charge in [0.25, 0.3) is 0 Å². The maximum Gasteiger partial charge on any atom is 0.309 e. The minimum atomic E-state index is -0.817. The van der Waals surface area contributed by atoms with Crippen LogP contribution in [0.15, 0.2) is 85.1 Å². The Morgan fingerprint density at radius 1 is 0.272 bits per heavy atom. The molecule has 0 saturated carbocycles. The molecule has 6 heteroatoms. The smallest absolute Gasteiger partial charge is 0.309 e. The lowest BCUT2D eigenvalue weighted by Crippen LogP contribution is -2.30. The Balaban J connectivity index is 4.34. The zero-order valence-electron chi connectivity index (χ0n) is 53.8. The predicted molar refractivity (Wildman–Crippen MR) is 353 cm³/mol. The van der Waals surface area contributed by atoms with Gasteiger partial charge in [-0.15, -0.1) is 0 Å². The van der Waals surface area contributed by atoms with Crippen molar-refractivity contribution < 1.29 is 28.6 Å². The third-order valence-electron chi connectivity index (χ3n) is 15.4. The number of hydrogen-bond donors (Lipinski definition) is 0. The number of carbonyl (C=O) groups is 3. The number of rotatable bonds is 64. The Morgan fingerprint density at radius 3 is 0.864 bits per heavy atom. The van der Waals surface area contributed by atoms with Crippen LogP contribution in [0, 0.1) is 0 Å². The van der Waals surface area contributed by atoms with Crippen LogP contribution in [0.3, 0.4) is 0 Å². The van der Waals surface area contributed by atoms with Crippen molar-refractivity contribution in [1.82, 2.24) is 0 Å². The van der Waals surface area contributed by atoms with Crippen LogP contribution in [0.2, 0.25) is 0 Å². The summed E-state index contributed by atoms with van der Waals surface area (Å²) in [6, 6.07) is 0. The van der Waals surface area contributed by atoms with Gasteiger partial charge in [0.15, 0.2) is 6.10 Å². The zero-order valence-corrected chi connectivity index (χ0v) is 53.8. The van der Waals surface area contributed by atoms with Gasteiger partial charge < -0.3 is 14.2 Å². The van der Waals surface area contributed by atoms with Crippen LogP contribution in [0.5, 0.6) is 0 Å². The first-order valence-electron chi connectivity index (χ1n) is 35.1. The second-order valence-corrected chi connectivity index (χ2v) is 23.4. The molecule has 6 nitrogen and oxygen atoms in total. The number of allylic oxidation sites excluding steroid dienone is 13. The third-order valence-corrected chi connectivity index (χ3v) is 15.4. The molecular weight excluding hydrogens is 997 g/mol. The van der Waals surface area contributed by atoms with Crippen molar-refractivity contribution in [2.24, 2.45) is 0 Å². The Bertz CT molecular complexity index is 1530. The van der Waals surface area contributed by atoms with E-state index in [1.165, 1.54) is 238 Å². The number of ether oxygens (including phenoxy) is 3. The maximum atomic E-state index is 12.9. The summed E-state index contributed by atoms with van der Waals surface area (Å²) in [5.74, 6) is -1.02.